The molecule has 134 valence electrons. The maximum absolute atomic E-state index is 12.6. The van der Waals surface area contributed by atoms with Gasteiger partial charge in [-0.2, -0.15) is 5.10 Å². The number of nitrogens with zero attached hydrogens (tertiary/aromatic N) is 3. The third-order valence-corrected chi connectivity index (χ3v) is 6.20. The fraction of sp³-hybridized carbons (Fsp3) is 0.600. The Labute approximate surface area is 148 Å². The van der Waals surface area contributed by atoms with Crippen molar-refractivity contribution in [3.8, 4) is 0 Å². The number of hydrogen-bond donors (Lipinski definition) is 1. The zero-order valence-electron chi connectivity index (χ0n) is 15.1. The van der Waals surface area contributed by atoms with E-state index in [0.29, 0.717) is 24.7 Å². The van der Waals surface area contributed by atoms with Gasteiger partial charge in [0, 0.05) is 36.8 Å². The second-order valence-corrected chi connectivity index (χ2v) is 8.17. The molecule has 25 heavy (non-hydrogen) atoms. The average Bonchev–Trinajstić information content (AvgIpc) is 3.07. The lowest BCUT2D eigenvalue weighted by Gasteiger charge is -2.44. The summed E-state index contributed by atoms with van der Waals surface area (Å²) in [4.78, 5) is 14.6. The van der Waals surface area contributed by atoms with E-state index in [2.05, 4.69) is 30.2 Å². The van der Waals surface area contributed by atoms with Gasteiger partial charge in [0.25, 0.3) is 0 Å². The van der Waals surface area contributed by atoms with Gasteiger partial charge < -0.3 is 10.0 Å². The molecule has 2 aromatic heterocycles. The van der Waals surface area contributed by atoms with E-state index in [0.717, 1.165) is 31.4 Å². The minimum Gasteiger partial charge on any atom is -0.390 e. The van der Waals surface area contributed by atoms with Crippen LogP contribution < -0.4 is 0 Å². The summed E-state index contributed by atoms with van der Waals surface area (Å²) in [6.07, 6.45) is 5.15. The fourth-order valence-corrected chi connectivity index (χ4v) is 4.61. The highest BCUT2D eigenvalue weighted by Crippen LogP contribution is 2.39. The number of aliphatic hydroxyl groups is 1. The number of fused-ring (bicyclic) bond motifs is 1. The normalized spacial score (nSPS) is 28.8. The molecule has 2 aromatic rings. The van der Waals surface area contributed by atoms with Crippen molar-refractivity contribution < 1.29 is 9.90 Å². The zero-order chi connectivity index (χ0) is 17.6. The molecular formula is C20H27N3O2. The van der Waals surface area contributed by atoms with Crippen molar-refractivity contribution in [1.82, 2.24) is 14.5 Å². The van der Waals surface area contributed by atoms with E-state index in [9.17, 15) is 9.90 Å². The quantitative estimate of drug-likeness (QED) is 0.934. The number of likely N-dealkylation sites (tertiary alicyclic amines) is 1. The van der Waals surface area contributed by atoms with E-state index in [4.69, 9.17) is 0 Å². The number of carbonyl (C=O) groups excluding carboxylic acids is 1. The molecule has 1 aliphatic heterocycles. The highest BCUT2D eigenvalue weighted by atomic mass is 16.3. The molecular weight excluding hydrogens is 314 g/mol. The standard InChI is InChI=1S/C20H27N3O2/c1-14(18-5-3-4-17-6-9-21-23(17)18)15-7-10-22(11-8-15)19(24)16-12-20(2,25)13-16/h3-6,9,14-16,25H,7-8,10-13H2,1-2H3. The Hall–Kier alpha value is -1.88. The molecule has 0 bridgehead atoms. The Bertz CT molecular complexity index is 766. The van der Waals surface area contributed by atoms with Crippen LogP contribution in [0, 0.1) is 11.8 Å². The summed E-state index contributed by atoms with van der Waals surface area (Å²) in [7, 11) is 0. The van der Waals surface area contributed by atoms with Crippen LogP contribution in [0.3, 0.4) is 0 Å². The van der Waals surface area contributed by atoms with Crippen LogP contribution in [-0.4, -0.2) is 44.2 Å². The summed E-state index contributed by atoms with van der Waals surface area (Å²) in [6.45, 7) is 5.77. The minimum absolute atomic E-state index is 0.0294. The Kier molecular flexibility index (Phi) is 4.07. The molecule has 1 N–H and O–H groups in total. The van der Waals surface area contributed by atoms with Crippen molar-refractivity contribution in [2.75, 3.05) is 13.1 Å². The zero-order valence-corrected chi connectivity index (χ0v) is 15.1. The van der Waals surface area contributed by atoms with Crippen LogP contribution in [0.15, 0.2) is 30.5 Å². The van der Waals surface area contributed by atoms with Gasteiger partial charge in [-0.3, -0.25) is 4.79 Å². The lowest BCUT2D eigenvalue weighted by molar-refractivity contribution is -0.151. The van der Waals surface area contributed by atoms with Crippen molar-refractivity contribution in [2.45, 2.75) is 51.0 Å². The maximum Gasteiger partial charge on any atom is 0.225 e. The number of aromatic nitrogens is 2. The Morgan fingerprint density at radius 3 is 2.68 bits per heavy atom. The van der Waals surface area contributed by atoms with Gasteiger partial charge in [0.15, 0.2) is 0 Å². The van der Waals surface area contributed by atoms with Crippen molar-refractivity contribution in [2.24, 2.45) is 11.8 Å². The predicted octanol–water partition coefficient (Wildman–Crippen LogP) is 2.84. The highest BCUT2D eigenvalue weighted by molar-refractivity contribution is 5.80. The molecule has 2 fully saturated rings. The van der Waals surface area contributed by atoms with Gasteiger partial charge in [0.1, 0.15) is 0 Å². The van der Waals surface area contributed by atoms with E-state index < -0.39 is 5.60 Å². The van der Waals surface area contributed by atoms with Crippen LogP contribution in [0.5, 0.6) is 0 Å². The van der Waals surface area contributed by atoms with Crippen molar-refractivity contribution >= 4 is 11.4 Å². The van der Waals surface area contributed by atoms with Crippen LogP contribution in [0.1, 0.15) is 51.1 Å². The number of amides is 1. The first-order valence-electron chi connectivity index (χ1n) is 9.38. The monoisotopic (exact) mass is 341 g/mol. The fourth-order valence-electron chi connectivity index (χ4n) is 4.61. The number of carbonyl (C=O) groups is 1. The molecule has 0 spiro atoms. The van der Waals surface area contributed by atoms with E-state index in [1.54, 1.807) is 0 Å². The summed E-state index contributed by atoms with van der Waals surface area (Å²) in [5, 5.41) is 14.3. The molecule has 1 saturated heterocycles. The molecule has 5 nitrogen and oxygen atoms in total. The van der Waals surface area contributed by atoms with E-state index in [-0.39, 0.29) is 11.8 Å². The summed E-state index contributed by atoms with van der Waals surface area (Å²) >= 11 is 0. The largest absolute Gasteiger partial charge is 0.390 e. The van der Waals surface area contributed by atoms with Crippen LogP contribution in [0.25, 0.3) is 5.52 Å². The van der Waals surface area contributed by atoms with Gasteiger partial charge in [-0.05, 0) is 56.7 Å². The first kappa shape index (κ1) is 16.6. The molecule has 2 aliphatic rings. The second kappa shape index (κ2) is 6.13. The Morgan fingerprint density at radius 1 is 1.28 bits per heavy atom. The van der Waals surface area contributed by atoms with Gasteiger partial charge >= 0.3 is 0 Å². The van der Waals surface area contributed by atoms with Gasteiger partial charge in [0.05, 0.1) is 11.1 Å². The van der Waals surface area contributed by atoms with Crippen LogP contribution in [-0.2, 0) is 4.79 Å². The van der Waals surface area contributed by atoms with Crippen molar-refractivity contribution in [1.29, 1.82) is 0 Å². The second-order valence-electron chi connectivity index (χ2n) is 8.17. The van der Waals surface area contributed by atoms with Crippen molar-refractivity contribution in [3.05, 3.63) is 36.2 Å². The summed E-state index contributed by atoms with van der Waals surface area (Å²) in [5.41, 5.74) is 1.76. The van der Waals surface area contributed by atoms with E-state index in [1.165, 1.54) is 5.69 Å². The SMILES string of the molecule is CC(c1cccc2ccnn12)C1CCN(C(=O)C2CC(C)(O)C2)CC1. The van der Waals surface area contributed by atoms with Crippen LogP contribution in [0.4, 0.5) is 0 Å². The summed E-state index contributed by atoms with van der Waals surface area (Å²) in [5.74, 6) is 1.27. The lowest BCUT2D eigenvalue weighted by Crippen LogP contribution is -2.51. The third-order valence-electron chi connectivity index (χ3n) is 6.20. The molecule has 0 aromatic carbocycles. The topological polar surface area (TPSA) is 57.8 Å². The molecule has 1 saturated carbocycles. The van der Waals surface area contributed by atoms with Crippen molar-refractivity contribution in [3.63, 3.8) is 0 Å². The Morgan fingerprint density at radius 2 is 2.00 bits per heavy atom. The van der Waals surface area contributed by atoms with Gasteiger partial charge in [-0.1, -0.05) is 13.0 Å². The van der Waals surface area contributed by atoms with Crippen LogP contribution >= 0.6 is 0 Å². The van der Waals surface area contributed by atoms with Gasteiger partial charge in [-0.15, -0.1) is 0 Å². The molecule has 1 atom stereocenters. The van der Waals surface area contributed by atoms with E-state index in [1.807, 2.05) is 28.6 Å². The summed E-state index contributed by atoms with van der Waals surface area (Å²) in [6, 6.07) is 8.38. The molecule has 4 rings (SSSR count). The molecule has 5 heteroatoms. The molecule has 0 radical (unpaired) electrons. The lowest BCUT2D eigenvalue weighted by atomic mass is 9.71. The number of pyridine rings is 1. The first-order chi connectivity index (χ1) is 11.9. The number of hydrogen-bond acceptors (Lipinski definition) is 3. The van der Waals surface area contributed by atoms with Crippen LogP contribution in [0.2, 0.25) is 0 Å². The molecule has 3 heterocycles. The first-order valence-corrected chi connectivity index (χ1v) is 9.38. The minimum atomic E-state index is -0.629. The molecule has 1 amide bonds. The summed E-state index contributed by atoms with van der Waals surface area (Å²) < 4.78 is 2.04. The predicted molar refractivity (Wildman–Crippen MR) is 96.3 cm³/mol. The third kappa shape index (κ3) is 3.06. The average molecular weight is 341 g/mol. The maximum atomic E-state index is 12.6. The highest BCUT2D eigenvalue weighted by Gasteiger charge is 2.44. The Balaban J connectivity index is 1.38. The van der Waals surface area contributed by atoms with Gasteiger partial charge in [-0.25, -0.2) is 4.52 Å². The van der Waals surface area contributed by atoms with Gasteiger partial charge in [0.2, 0.25) is 5.91 Å². The van der Waals surface area contributed by atoms with E-state index >= 15 is 0 Å². The number of piperidine rings is 1. The number of rotatable bonds is 3. The smallest absolute Gasteiger partial charge is 0.225 e. The molecule has 1 aliphatic carbocycles. The molecule has 1 unspecified atom stereocenters.